The monoisotopic (exact) mass is 715 g/mol. The summed E-state index contributed by atoms with van der Waals surface area (Å²) in [7, 11) is -0.849. The second-order valence-corrected chi connectivity index (χ2v) is 14.5. The Bertz CT molecular complexity index is 1690. The molecule has 2 aromatic carbocycles. The summed E-state index contributed by atoms with van der Waals surface area (Å²) in [5.41, 5.74) is 1.39. The number of ether oxygens (including phenoxy) is 3. The Kier molecular flexibility index (Phi) is 13.1. The van der Waals surface area contributed by atoms with Crippen molar-refractivity contribution < 1.29 is 41.8 Å². The predicted octanol–water partition coefficient (Wildman–Crippen LogP) is 5.06. The quantitative estimate of drug-likeness (QED) is 0.272. The fourth-order valence-corrected chi connectivity index (χ4v) is 6.68. The van der Waals surface area contributed by atoms with Crippen molar-refractivity contribution in [1.82, 2.24) is 15.0 Å². The zero-order valence-electron chi connectivity index (χ0n) is 29.8. The summed E-state index contributed by atoms with van der Waals surface area (Å²) in [6.45, 7) is 9.54. The van der Waals surface area contributed by atoms with Gasteiger partial charge in [0.25, 0.3) is 15.9 Å². The van der Waals surface area contributed by atoms with Crippen LogP contribution >= 0.6 is 0 Å². The molecule has 1 aliphatic rings. The van der Waals surface area contributed by atoms with Crippen molar-refractivity contribution in [2.45, 2.75) is 77.0 Å². The van der Waals surface area contributed by atoms with Crippen molar-refractivity contribution in [2.75, 3.05) is 50.5 Å². The maximum absolute atomic E-state index is 14.4. The number of aromatic nitrogens is 1. The van der Waals surface area contributed by atoms with Crippen molar-refractivity contribution in [1.29, 1.82) is 0 Å². The Hall–Kier alpha value is -4.34. The number of aliphatic hydroxyl groups is 1. The van der Waals surface area contributed by atoms with Crippen LogP contribution < -0.4 is 19.5 Å². The van der Waals surface area contributed by atoms with Crippen molar-refractivity contribution in [2.24, 2.45) is 5.92 Å². The number of likely N-dealkylation sites (N-methyl/N-ethyl adjacent to an activating group) is 1. The molecule has 0 aliphatic carbocycles. The van der Waals surface area contributed by atoms with Crippen LogP contribution in [0.1, 0.15) is 61.8 Å². The van der Waals surface area contributed by atoms with E-state index < -0.39 is 28.1 Å². The van der Waals surface area contributed by atoms with Crippen LogP contribution in [0.15, 0.2) is 51.9 Å². The molecule has 0 fully saturated rings. The van der Waals surface area contributed by atoms with E-state index >= 15 is 0 Å². The van der Waals surface area contributed by atoms with Gasteiger partial charge in [-0.1, -0.05) is 12.1 Å². The minimum absolute atomic E-state index is 0.0235. The molecule has 0 spiro atoms. The number of rotatable bonds is 9. The lowest BCUT2D eigenvalue weighted by atomic mass is 10.0. The van der Waals surface area contributed by atoms with Crippen molar-refractivity contribution in [3.8, 4) is 11.5 Å². The van der Waals surface area contributed by atoms with Crippen molar-refractivity contribution >= 4 is 33.3 Å². The summed E-state index contributed by atoms with van der Waals surface area (Å²) in [5, 5.41) is 17.0. The second-order valence-electron chi connectivity index (χ2n) is 12.8. The van der Waals surface area contributed by atoms with E-state index in [0.29, 0.717) is 41.7 Å². The highest BCUT2D eigenvalue weighted by molar-refractivity contribution is 7.92. The zero-order valence-corrected chi connectivity index (χ0v) is 30.6. The van der Waals surface area contributed by atoms with Crippen LogP contribution in [-0.4, -0.2) is 99.1 Å². The number of hydrogen-bond donors (Lipinski definition) is 3. The topological polar surface area (TPSA) is 173 Å². The summed E-state index contributed by atoms with van der Waals surface area (Å²) in [4.78, 5) is 30.7. The molecule has 0 bridgehead atoms. The first kappa shape index (κ1) is 38.5. The van der Waals surface area contributed by atoms with Gasteiger partial charge in [-0.25, -0.2) is 13.2 Å². The van der Waals surface area contributed by atoms with Gasteiger partial charge < -0.3 is 39.0 Å². The highest BCUT2D eigenvalue weighted by Gasteiger charge is 2.31. The smallest absolute Gasteiger partial charge is 0.321 e. The van der Waals surface area contributed by atoms with Crippen LogP contribution in [0.25, 0.3) is 0 Å². The molecule has 3 N–H and O–H groups in total. The van der Waals surface area contributed by atoms with E-state index in [2.05, 4.69) is 15.2 Å². The van der Waals surface area contributed by atoms with Gasteiger partial charge in [0, 0.05) is 38.3 Å². The number of methoxy groups -OCH3 is 1. The molecular formula is C35H49N5O9S. The molecule has 4 atom stereocenters. The number of anilines is 2. The molecule has 50 heavy (non-hydrogen) atoms. The van der Waals surface area contributed by atoms with Gasteiger partial charge >= 0.3 is 6.03 Å². The molecule has 3 aromatic rings. The van der Waals surface area contributed by atoms with Gasteiger partial charge in [0.2, 0.25) is 0 Å². The standard InChI is InChI=1S/C35H49N5O9S/c1-22-19-40(23(2)21-41)34(42)30-18-27(38-50(44,45)29-14-12-28(46-7)13-15-29)11-16-31(30)48-24(3)10-8-9-17-47-32(22)20-39(6)35(43)36-33-25(4)37-49-26(33)5/h11-16,18,22-24,32,38,41H,8-10,17,19-21H2,1-7H3,(H,36,43)/t22-,23-,24-,32+/m1/s1. The molecule has 15 heteroatoms. The summed E-state index contributed by atoms with van der Waals surface area (Å²) in [6, 6.07) is 9.58. The van der Waals surface area contributed by atoms with Gasteiger partial charge in [0.1, 0.15) is 22.9 Å². The van der Waals surface area contributed by atoms with E-state index in [0.717, 1.165) is 12.8 Å². The Morgan fingerprint density at radius 1 is 1.16 bits per heavy atom. The number of sulfonamides is 1. The highest BCUT2D eigenvalue weighted by atomic mass is 32.2. The van der Waals surface area contributed by atoms with E-state index in [1.54, 1.807) is 52.1 Å². The van der Waals surface area contributed by atoms with Crippen LogP contribution in [0.3, 0.4) is 0 Å². The molecule has 274 valence electrons. The number of carbonyl (C=O) groups excluding carboxylic acids is 2. The lowest BCUT2D eigenvalue weighted by Gasteiger charge is -2.35. The van der Waals surface area contributed by atoms with Gasteiger partial charge in [-0.15, -0.1) is 0 Å². The Morgan fingerprint density at radius 2 is 1.88 bits per heavy atom. The largest absolute Gasteiger partial charge is 0.497 e. The number of nitrogens with zero attached hydrogens (tertiary/aromatic N) is 3. The van der Waals surface area contributed by atoms with E-state index in [-0.39, 0.29) is 53.9 Å². The molecule has 0 saturated heterocycles. The molecule has 0 radical (unpaired) electrons. The number of urea groups is 1. The van der Waals surface area contributed by atoms with E-state index in [4.69, 9.17) is 18.7 Å². The molecule has 3 amide bonds. The number of fused-ring (bicyclic) bond motifs is 1. The first-order chi connectivity index (χ1) is 23.7. The van der Waals surface area contributed by atoms with E-state index in [1.807, 2.05) is 13.8 Å². The summed E-state index contributed by atoms with van der Waals surface area (Å²) >= 11 is 0. The minimum Gasteiger partial charge on any atom is -0.497 e. The number of aryl methyl sites for hydroxylation is 2. The first-order valence-electron chi connectivity index (χ1n) is 16.7. The number of carbonyl (C=O) groups is 2. The van der Waals surface area contributed by atoms with E-state index in [9.17, 15) is 23.1 Å². The van der Waals surface area contributed by atoms with Crippen molar-refractivity contribution in [3.63, 3.8) is 0 Å². The zero-order chi connectivity index (χ0) is 36.6. The van der Waals surface area contributed by atoms with Crippen LogP contribution in [0.4, 0.5) is 16.2 Å². The number of benzene rings is 2. The average molecular weight is 716 g/mol. The summed E-state index contributed by atoms with van der Waals surface area (Å²) in [5.74, 6) is 0.572. The fourth-order valence-electron chi connectivity index (χ4n) is 5.63. The normalized spacial score (nSPS) is 19.8. The number of hydrogen-bond acceptors (Lipinski definition) is 10. The van der Waals surface area contributed by atoms with Crippen LogP contribution in [-0.2, 0) is 14.8 Å². The van der Waals surface area contributed by atoms with Gasteiger partial charge in [-0.2, -0.15) is 0 Å². The number of aliphatic hydroxyl groups excluding tert-OH is 1. The number of amides is 3. The maximum Gasteiger partial charge on any atom is 0.321 e. The molecule has 0 unspecified atom stereocenters. The Balaban J connectivity index is 1.63. The minimum atomic E-state index is -4.01. The molecule has 4 rings (SSSR count). The van der Waals surface area contributed by atoms with Crippen LogP contribution in [0.5, 0.6) is 11.5 Å². The second kappa shape index (κ2) is 17.1. The van der Waals surface area contributed by atoms with Gasteiger partial charge in [0.05, 0.1) is 42.4 Å². The average Bonchev–Trinajstić information content (AvgIpc) is 3.41. The number of nitrogens with one attached hydrogen (secondary N) is 2. The van der Waals surface area contributed by atoms with Gasteiger partial charge in [0.15, 0.2) is 5.76 Å². The van der Waals surface area contributed by atoms with Crippen molar-refractivity contribution in [3.05, 3.63) is 59.5 Å². The van der Waals surface area contributed by atoms with Gasteiger partial charge in [-0.3, -0.25) is 9.52 Å². The molecule has 2 heterocycles. The highest BCUT2D eigenvalue weighted by Crippen LogP contribution is 2.30. The lowest BCUT2D eigenvalue weighted by molar-refractivity contribution is -0.0115. The fraction of sp³-hybridized carbons (Fsp3) is 0.514. The Labute approximate surface area is 294 Å². The third-order valence-corrected chi connectivity index (χ3v) is 10.1. The maximum atomic E-state index is 14.4. The third-order valence-electron chi connectivity index (χ3n) is 8.74. The lowest BCUT2D eigenvalue weighted by Crippen LogP contribution is -2.48. The first-order valence-corrected chi connectivity index (χ1v) is 18.2. The van der Waals surface area contributed by atoms with Crippen LogP contribution in [0.2, 0.25) is 0 Å². The molecule has 0 saturated carbocycles. The van der Waals surface area contributed by atoms with E-state index in [1.165, 1.54) is 35.1 Å². The Morgan fingerprint density at radius 3 is 2.52 bits per heavy atom. The predicted molar refractivity (Wildman–Crippen MR) is 188 cm³/mol. The summed E-state index contributed by atoms with van der Waals surface area (Å²) < 4.78 is 52.0. The van der Waals surface area contributed by atoms with Crippen LogP contribution in [0, 0.1) is 19.8 Å². The molecular weight excluding hydrogens is 666 g/mol. The third kappa shape index (κ3) is 9.67. The molecule has 1 aliphatic heterocycles. The molecule has 14 nitrogen and oxygen atoms in total. The summed E-state index contributed by atoms with van der Waals surface area (Å²) in [6.07, 6.45) is 1.50. The van der Waals surface area contributed by atoms with Gasteiger partial charge in [-0.05, 0) is 89.4 Å². The molecule has 1 aromatic heterocycles. The SMILES string of the molecule is COc1ccc(S(=O)(=O)Nc2ccc3c(c2)C(=O)N([C@H](C)CO)C[C@@H](C)[C@H](CN(C)C(=O)Nc2c(C)noc2C)OCCCC[C@@H](C)O3)cc1.